The second-order valence-electron chi connectivity index (χ2n) is 6.91. The van der Waals surface area contributed by atoms with Gasteiger partial charge in [-0.05, 0) is 38.1 Å². The van der Waals surface area contributed by atoms with Crippen molar-refractivity contribution in [3.8, 4) is 0 Å². The molecule has 0 N–H and O–H groups in total. The number of likely N-dealkylation sites (N-methyl/N-ethyl adjacent to an activating group) is 1. The van der Waals surface area contributed by atoms with Crippen LogP contribution >= 0.6 is 12.4 Å². The number of nitrogens with zero attached hydrogens (tertiary/aromatic N) is 2. The summed E-state index contributed by atoms with van der Waals surface area (Å²) in [6.45, 7) is 12.2. The summed E-state index contributed by atoms with van der Waals surface area (Å²) < 4.78 is 0. The fourth-order valence-electron chi connectivity index (χ4n) is 3.35. The maximum absolute atomic E-state index is 13.6. The van der Waals surface area contributed by atoms with Crippen molar-refractivity contribution in [3.63, 3.8) is 0 Å². The van der Waals surface area contributed by atoms with E-state index in [0.29, 0.717) is 0 Å². The molecule has 1 amide bonds. The molecular weight excluding hydrogens is 356 g/mol. The Morgan fingerprint density at radius 2 is 1.26 bits per heavy atom. The van der Waals surface area contributed by atoms with E-state index in [1.807, 2.05) is 41.3 Å². The van der Waals surface area contributed by atoms with E-state index in [0.717, 1.165) is 37.3 Å². The Morgan fingerprint density at radius 3 is 1.63 bits per heavy atom. The maximum atomic E-state index is 13.6. The minimum atomic E-state index is -0.253. The predicted octanol–water partition coefficient (Wildman–Crippen LogP) is 4.82. The summed E-state index contributed by atoms with van der Waals surface area (Å²) >= 11 is 0. The Labute approximate surface area is 170 Å². The molecule has 2 aromatic carbocycles. The highest BCUT2D eigenvalue weighted by Gasteiger charge is 2.28. The Balaban J connectivity index is 0.00000364. The molecular formula is C23H33ClN2O. The van der Waals surface area contributed by atoms with Crippen LogP contribution in [0.15, 0.2) is 60.7 Å². The van der Waals surface area contributed by atoms with Crippen molar-refractivity contribution in [2.45, 2.75) is 39.7 Å². The Morgan fingerprint density at radius 1 is 0.815 bits per heavy atom. The van der Waals surface area contributed by atoms with Crippen LogP contribution in [0, 0.1) is 0 Å². The molecule has 2 rings (SSSR count). The van der Waals surface area contributed by atoms with Crippen LogP contribution in [0.5, 0.6) is 0 Å². The first-order valence-corrected chi connectivity index (χ1v) is 9.71. The molecule has 0 saturated carbocycles. The number of halogens is 1. The monoisotopic (exact) mass is 388 g/mol. The summed E-state index contributed by atoms with van der Waals surface area (Å²) in [7, 11) is 0. The average Bonchev–Trinajstić information content (AvgIpc) is 2.67. The van der Waals surface area contributed by atoms with E-state index in [1.165, 1.54) is 0 Å². The van der Waals surface area contributed by atoms with Gasteiger partial charge < -0.3 is 9.80 Å². The van der Waals surface area contributed by atoms with Gasteiger partial charge >= 0.3 is 0 Å². The zero-order valence-corrected chi connectivity index (χ0v) is 17.8. The highest BCUT2D eigenvalue weighted by Crippen LogP contribution is 2.27. The van der Waals surface area contributed by atoms with Crippen LogP contribution in [0.1, 0.15) is 44.7 Å². The van der Waals surface area contributed by atoms with Crippen molar-refractivity contribution in [2.75, 3.05) is 26.2 Å². The van der Waals surface area contributed by atoms with Crippen molar-refractivity contribution in [3.05, 3.63) is 71.8 Å². The van der Waals surface area contributed by atoms with Crippen molar-refractivity contribution < 1.29 is 4.79 Å². The van der Waals surface area contributed by atoms with Crippen molar-refractivity contribution in [2.24, 2.45) is 0 Å². The van der Waals surface area contributed by atoms with Crippen LogP contribution in [0.2, 0.25) is 0 Å². The van der Waals surface area contributed by atoms with Crippen LogP contribution in [0.4, 0.5) is 0 Å². The molecule has 0 atom stereocenters. The number of hydrogen-bond acceptors (Lipinski definition) is 2. The molecule has 0 bridgehead atoms. The highest BCUT2D eigenvalue weighted by molar-refractivity contribution is 5.87. The molecule has 0 saturated heterocycles. The molecule has 0 heterocycles. The Kier molecular flexibility index (Phi) is 10.1. The third-order valence-corrected chi connectivity index (χ3v) is 4.97. The molecule has 2 aromatic rings. The molecule has 148 valence electrons. The van der Waals surface area contributed by atoms with E-state index in [2.05, 4.69) is 56.9 Å². The number of rotatable bonds is 9. The van der Waals surface area contributed by atoms with Gasteiger partial charge in [-0.25, -0.2) is 0 Å². The minimum Gasteiger partial charge on any atom is -0.338 e. The molecule has 0 aliphatic heterocycles. The van der Waals surface area contributed by atoms with E-state index in [9.17, 15) is 4.79 Å². The first-order valence-electron chi connectivity index (χ1n) is 9.71. The summed E-state index contributed by atoms with van der Waals surface area (Å²) in [5.74, 6) is -0.0685. The molecule has 0 spiro atoms. The zero-order chi connectivity index (χ0) is 18.9. The van der Waals surface area contributed by atoms with Crippen molar-refractivity contribution >= 4 is 18.3 Å². The van der Waals surface area contributed by atoms with E-state index in [1.54, 1.807) is 0 Å². The first-order chi connectivity index (χ1) is 12.6. The van der Waals surface area contributed by atoms with Gasteiger partial charge in [-0.2, -0.15) is 0 Å². The van der Waals surface area contributed by atoms with Crippen LogP contribution in [0.25, 0.3) is 0 Å². The number of carbonyl (C=O) groups excluding carboxylic acids is 1. The van der Waals surface area contributed by atoms with Gasteiger partial charge in [0.05, 0.1) is 5.92 Å². The molecule has 0 aliphatic rings. The van der Waals surface area contributed by atoms with Gasteiger partial charge in [0, 0.05) is 19.1 Å². The molecule has 4 heteroatoms. The third kappa shape index (κ3) is 6.37. The van der Waals surface area contributed by atoms with E-state index in [-0.39, 0.29) is 30.3 Å². The summed E-state index contributed by atoms with van der Waals surface area (Å²) in [5, 5.41) is 0. The lowest BCUT2D eigenvalue weighted by Gasteiger charge is -2.33. The molecule has 0 fully saturated rings. The summed E-state index contributed by atoms with van der Waals surface area (Å²) in [6, 6.07) is 20.4. The SMILES string of the molecule is CCN(CC)CCN(C(=O)C(c1ccccc1)c1ccccc1)C(C)C.Cl. The number of carbonyl (C=O) groups is 1. The van der Waals surface area contributed by atoms with Gasteiger partial charge in [0.1, 0.15) is 0 Å². The molecule has 0 aromatic heterocycles. The van der Waals surface area contributed by atoms with Crippen LogP contribution in [-0.2, 0) is 4.79 Å². The van der Waals surface area contributed by atoms with E-state index < -0.39 is 0 Å². The van der Waals surface area contributed by atoms with Gasteiger partial charge in [0.15, 0.2) is 0 Å². The highest BCUT2D eigenvalue weighted by atomic mass is 35.5. The van der Waals surface area contributed by atoms with Gasteiger partial charge in [0.2, 0.25) is 5.91 Å². The molecule has 0 unspecified atom stereocenters. The fraction of sp³-hybridized carbons (Fsp3) is 0.435. The maximum Gasteiger partial charge on any atom is 0.234 e. The van der Waals surface area contributed by atoms with Crippen molar-refractivity contribution in [1.82, 2.24) is 9.80 Å². The number of hydrogen-bond donors (Lipinski definition) is 0. The van der Waals surface area contributed by atoms with Gasteiger partial charge in [-0.3, -0.25) is 4.79 Å². The lowest BCUT2D eigenvalue weighted by Crippen LogP contribution is -2.44. The normalized spacial score (nSPS) is 10.9. The Bertz CT molecular complexity index is 617. The summed E-state index contributed by atoms with van der Waals surface area (Å²) in [5.41, 5.74) is 2.11. The molecule has 0 aliphatic carbocycles. The molecule has 3 nitrogen and oxygen atoms in total. The average molecular weight is 389 g/mol. The predicted molar refractivity (Wildman–Crippen MR) is 117 cm³/mol. The third-order valence-electron chi connectivity index (χ3n) is 4.97. The Hall–Kier alpha value is -1.84. The second kappa shape index (κ2) is 11.8. The first kappa shape index (κ1) is 23.2. The smallest absolute Gasteiger partial charge is 0.234 e. The quantitative estimate of drug-likeness (QED) is 0.614. The van der Waals surface area contributed by atoms with Crippen LogP contribution < -0.4 is 0 Å². The lowest BCUT2D eigenvalue weighted by atomic mass is 9.89. The van der Waals surface area contributed by atoms with Crippen molar-refractivity contribution in [1.29, 1.82) is 0 Å². The van der Waals surface area contributed by atoms with Gasteiger partial charge in [-0.1, -0.05) is 74.5 Å². The van der Waals surface area contributed by atoms with Crippen LogP contribution in [-0.4, -0.2) is 47.9 Å². The number of benzene rings is 2. The standard InChI is InChI=1S/C23H32N2O.ClH/c1-5-24(6-2)17-18-25(19(3)4)23(26)22(20-13-9-7-10-14-20)21-15-11-8-12-16-21;/h7-16,19,22H,5-6,17-18H2,1-4H3;1H. The molecule has 27 heavy (non-hydrogen) atoms. The minimum absolute atomic E-state index is 0. The molecule has 0 radical (unpaired) electrons. The van der Waals surface area contributed by atoms with E-state index in [4.69, 9.17) is 0 Å². The summed E-state index contributed by atoms with van der Waals surface area (Å²) in [6.07, 6.45) is 0. The largest absolute Gasteiger partial charge is 0.338 e. The second-order valence-corrected chi connectivity index (χ2v) is 6.91. The lowest BCUT2D eigenvalue weighted by molar-refractivity contribution is -0.133. The summed E-state index contributed by atoms with van der Waals surface area (Å²) in [4.78, 5) is 18.0. The van der Waals surface area contributed by atoms with Crippen LogP contribution in [0.3, 0.4) is 0 Å². The zero-order valence-electron chi connectivity index (χ0n) is 17.0. The van der Waals surface area contributed by atoms with E-state index >= 15 is 0 Å². The topological polar surface area (TPSA) is 23.6 Å². The van der Waals surface area contributed by atoms with Gasteiger partial charge in [0.25, 0.3) is 0 Å². The number of amides is 1. The fourth-order valence-corrected chi connectivity index (χ4v) is 3.35. The van der Waals surface area contributed by atoms with Gasteiger partial charge in [-0.15, -0.1) is 12.4 Å².